The molecule has 156 valence electrons. The van der Waals surface area contributed by atoms with Crippen LogP contribution in [0.2, 0.25) is 0 Å². The van der Waals surface area contributed by atoms with Gasteiger partial charge in [-0.15, -0.1) is 0 Å². The number of ether oxygens (including phenoxy) is 1. The number of rotatable bonds is 6. The van der Waals surface area contributed by atoms with Crippen molar-refractivity contribution in [3.05, 3.63) is 81.8 Å². The first-order valence-corrected chi connectivity index (χ1v) is 11.3. The molecule has 0 heterocycles. The maximum atomic E-state index is 12.7. The molecular formula is C22H21BrN2O4S. The molecule has 8 heteroatoms. The van der Waals surface area contributed by atoms with Crippen molar-refractivity contribution in [2.75, 3.05) is 17.1 Å². The highest BCUT2D eigenvalue weighted by molar-refractivity contribution is 9.10. The van der Waals surface area contributed by atoms with Gasteiger partial charge in [-0.3, -0.25) is 9.52 Å². The second kappa shape index (κ2) is 8.89. The predicted molar refractivity (Wildman–Crippen MR) is 122 cm³/mol. The van der Waals surface area contributed by atoms with Crippen LogP contribution in [0.4, 0.5) is 11.4 Å². The van der Waals surface area contributed by atoms with Crippen molar-refractivity contribution in [1.29, 1.82) is 0 Å². The Hall–Kier alpha value is -2.84. The van der Waals surface area contributed by atoms with Gasteiger partial charge in [0.1, 0.15) is 5.75 Å². The summed E-state index contributed by atoms with van der Waals surface area (Å²) in [5, 5.41) is 2.77. The van der Waals surface area contributed by atoms with Gasteiger partial charge in [0, 0.05) is 10.2 Å². The second-order valence-electron chi connectivity index (χ2n) is 6.73. The average molecular weight is 489 g/mol. The fourth-order valence-corrected chi connectivity index (χ4v) is 4.32. The normalized spacial score (nSPS) is 11.1. The standard InChI is InChI=1S/C22H21BrN2O4S/c1-14-7-9-19(11-15(14)2)30(27,28)25-17-6-4-5-16(12-17)24-22(26)20-13-18(29-3)8-10-21(20)23/h4-13,25H,1-3H3,(H,24,26). The minimum absolute atomic E-state index is 0.181. The quantitative estimate of drug-likeness (QED) is 0.503. The Kier molecular flexibility index (Phi) is 6.48. The number of hydrogen-bond acceptors (Lipinski definition) is 4. The molecule has 1 amide bonds. The summed E-state index contributed by atoms with van der Waals surface area (Å²) in [6, 6.07) is 16.6. The van der Waals surface area contributed by atoms with E-state index in [0.717, 1.165) is 11.1 Å². The third-order valence-corrected chi connectivity index (χ3v) is 6.65. The van der Waals surface area contributed by atoms with E-state index in [2.05, 4.69) is 26.0 Å². The van der Waals surface area contributed by atoms with Crippen molar-refractivity contribution in [2.45, 2.75) is 18.7 Å². The van der Waals surface area contributed by atoms with Crippen LogP contribution in [0, 0.1) is 13.8 Å². The van der Waals surface area contributed by atoms with Crippen LogP contribution in [0.1, 0.15) is 21.5 Å². The van der Waals surface area contributed by atoms with Crippen LogP contribution in [0.3, 0.4) is 0 Å². The molecule has 3 aromatic rings. The van der Waals surface area contributed by atoms with Gasteiger partial charge in [-0.25, -0.2) is 8.42 Å². The molecule has 2 N–H and O–H groups in total. The minimum Gasteiger partial charge on any atom is -0.497 e. The monoisotopic (exact) mass is 488 g/mol. The molecule has 30 heavy (non-hydrogen) atoms. The molecule has 0 spiro atoms. The number of carbonyl (C=O) groups excluding carboxylic acids is 1. The van der Waals surface area contributed by atoms with E-state index >= 15 is 0 Å². The molecule has 3 aromatic carbocycles. The van der Waals surface area contributed by atoms with Crippen molar-refractivity contribution < 1.29 is 17.9 Å². The van der Waals surface area contributed by atoms with Gasteiger partial charge in [-0.05, 0) is 89.4 Å². The van der Waals surface area contributed by atoms with E-state index in [1.807, 2.05) is 13.8 Å². The van der Waals surface area contributed by atoms with Crippen molar-refractivity contribution in [3.63, 3.8) is 0 Å². The third-order valence-electron chi connectivity index (χ3n) is 4.58. The molecular weight excluding hydrogens is 468 g/mol. The Morgan fingerprint density at radius 3 is 2.37 bits per heavy atom. The lowest BCUT2D eigenvalue weighted by Crippen LogP contribution is -2.15. The summed E-state index contributed by atoms with van der Waals surface area (Å²) in [6.07, 6.45) is 0. The van der Waals surface area contributed by atoms with E-state index in [4.69, 9.17) is 4.74 Å². The van der Waals surface area contributed by atoms with E-state index in [-0.39, 0.29) is 10.8 Å². The van der Waals surface area contributed by atoms with Gasteiger partial charge in [0.2, 0.25) is 0 Å². The molecule has 0 aromatic heterocycles. The molecule has 0 saturated carbocycles. The van der Waals surface area contributed by atoms with E-state index in [1.165, 1.54) is 7.11 Å². The smallest absolute Gasteiger partial charge is 0.261 e. The van der Waals surface area contributed by atoms with E-state index < -0.39 is 10.0 Å². The number of anilines is 2. The summed E-state index contributed by atoms with van der Waals surface area (Å²) in [5.41, 5.74) is 3.10. The zero-order valence-electron chi connectivity index (χ0n) is 16.7. The van der Waals surface area contributed by atoms with Gasteiger partial charge in [0.05, 0.1) is 23.3 Å². The van der Waals surface area contributed by atoms with Crippen molar-refractivity contribution in [1.82, 2.24) is 0 Å². The second-order valence-corrected chi connectivity index (χ2v) is 9.27. The van der Waals surface area contributed by atoms with Gasteiger partial charge < -0.3 is 10.1 Å². The Labute approximate surface area is 184 Å². The largest absolute Gasteiger partial charge is 0.497 e. The zero-order chi connectivity index (χ0) is 21.9. The Morgan fingerprint density at radius 1 is 0.933 bits per heavy atom. The SMILES string of the molecule is COc1ccc(Br)c(C(=O)Nc2cccc(NS(=O)(=O)c3ccc(C)c(C)c3)c2)c1. The van der Waals surface area contributed by atoms with Gasteiger partial charge >= 0.3 is 0 Å². The van der Waals surface area contributed by atoms with Crippen LogP contribution in [-0.2, 0) is 10.0 Å². The number of aryl methyl sites for hydroxylation is 2. The first-order valence-electron chi connectivity index (χ1n) is 9.04. The van der Waals surface area contributed by atoms with Crippen LogP contribution < -0.4 is 14.8 Å². The molecule has 0 radical (unpaired) electrons. The minimum atomic E-state index is -3.75. The topological polar surface area (TPSA) is 84.5 Å². The first kappa shape index (κ1) is 21.9. The fraction of sp³-hybridized carbons (Fsp3) is 0.136. The highest BCUT2D eigenvalue weighted by atomic mass is 79.9. The van der Waals surface area contributed by atoms with Crippen LogP contribution in [0.15, 0.2) is 70.0 Å². The van der Waals surface area contributed by atoms with E-state index in [9.17, 15) is 13.2 Å². The molecule has 0 aliphatic carbocycles. The lowest BCUT2D eigenvalue weighted by Gasteiger charge is -2.12. The summed E-state index contributed by atoms with van der Waals surface area (Å²) in [4.78, 5) is 12.8. The van der Waals surface area contributed by atoms with E-state index in [1.54, 1.807) is 60.7 Å². The van der Waals surface area contributed by atoms with Gasteiger partial charge in [-0.1, -0.05) is 12.1 Å². The van der Waals surface area contributed by atoms with Crippen molar-refractivity contribution in [3.8, 4) is 5.75 Å². The summed E-state index contributed by atoms with van der Waals surface area (Å²) < 4.78 is 33.8. The first-order chi connectivity index (χ1) is 14.2. The van der Waals surface area contributed by atoms with E-state index in [0.29, 0.717) is 27.2 Å². The molecule has 0 unspecified atom stereocenters. The number of halogens is 1. The molecule has 6 nitrogen and oxygen atoms in total. The molecule has 0 saturated heterocycles. The molecule has 3 rings (SSSR count). The summed E-state index contributed by atoms with van der Waals surface area (Å²) in [5.74, 6) is 0.202. The fourth-order valence-electron chi connectivity index (χ4n) is 2.76. The molecule has 0 aliphatic heterocycles. The lowest BCUT2D eigenvalue weighted by molar-refractivity contribution is 0.102. The van der Waals surface area contributed by atoms with Gasteiger partial charge in [-0.2, -0.15) is 0 Å². The number of sulfonamides is 1. The Bertz CT molecular complexity index is 1210. The third kappa shape index (κ3) is 5.01. The zero-order valence-corrected chi connectivity index (χ0v) is 19.1. The Balaban J connectivity index is 1.81. The number of hydrogen-bond donors (Lipinski definition) is 2. The summed E-state index contributed by atoms with van der Waals surface area (Å²) in [6.45, 7) is 3.78. The van der Waals surface area contributed by atoms with Crippen LogP contribution in [0.25, 0.3) is 0 Å². The van der Waals surface area contributed by atoms with Crippen LogP contribution in [0.5, 0.6) is 5.75 Å². The summed E-state index contributed by atoms with van der Waals surface area (Å²) in [7, 11) is -2.23. The van der Waals surface area contributed by atoms with Crippen molar-refractivity contribution >= 4 is 43.2 Å². The highest BCUT2D eigenvalue weighted by Gasteiger charge is 2.16. The number of benzene rings is 3. The Morgan fingerprint density at radius 2 is 1.67 bits per heavy atom. The van der Waals surface area contributed by atoms with Crippen LogP contribution >= 0.6 is 15.9 Å². The summed E-state index contributed by atoms with van der Waals surface area (Å²) >= 11 is 3.36. The lowest BCUT2D eigenvalue weighted by atomic mass is 10.1. The van der Waals surface area contributed by atoms with Gasteiger partial charge in [0.25, 0.3) is 15.9 Å². The van der Waals surface area contributed by atoms with Crippen LogP contribution in [-0.4, -0.2) is 21.4 Å². The number of nitrogens with one attached hydrogen (secondary N) is 2. The molecule has 0 fully saturated rings. The number of amides is 1. The molecule has 0 atom stereocenters. The highest BCUT2D eigenvalue weighted by Crippen LogP contribution is 2.25. The molecule has 0 aliphatic rings. The maximum absolute atomic E-state index is 12.7. The number of carbonyl (C=O) groups is 1. The molecule has 0 bridgehead atoms. The number of methoxy groups -OCH3 is 1. The van der Waals surface area contributed by atoms with Crippen molar-refractivity contribution in [2.24, 2.45) is 0 Å². The maximum Gasteiger partial charge on any atom is 0.261 e. The predicted octanol–water partition coefficient (Wildman–Crippen LogP) is 5.13. The average Bonchev–Trinajstić information content (AvgIpc) is 2.70. The van der Waals surface area contributed by atoms with Gasteiger partial charge in [0.15, 0.2) is 0 Å².